The van der Waals surface area contributed by atoms with E-state index in [0.29, 0.717) is 29.8 Å². The third-order valence-electron chi connectivity index (χ3n) is 5.46. The number of hydrogen-bond donors (Lipinski definition) is 0. The summed E-state index contributed by atoms with van der Waals surface area (Å²) in [7, 11) is 2.02. The Morgan fingerprint density at radius 1 is 0.931 bits per heavy atom. The lowest BCUT2D eigenvalue weighted by Gasteiger charge is -2.21. The second-order valence-corrected chi connectivity index (χ2v) is 7.79. The highest BCUT2D eigenvalue weighted by Crippen LogP contribution is 2.34. The minimum atomic E-state index is -0.214. The van der Waals surface area contributed by atoms with Crippen molar-refractivity contribution in [2.75, 3.05) is 25.0 Å². The average Bonchev–Trinajstić information content (AvgIpc) is 2.99. The molecule has 0 saturated heterocycles. The van der Waals surface area contributed by atoms with Gasteiger partial charge in [-0.05, 0) is 30.5 Å². The summed E-state index contributed by atoms with van der Waals surface area (Å²) in [4.78, 5) is 34.6. The third-order valence-corrected chi connectivity index (χ3v) is 5.46. The lowest BCUT2D eigenvalue weighted by atomic mass is 9.97. The van der Waals surface area contributed by atoms with E-state index in [9.17, 15) is 9.59 Å². The van der Waals surface area contributed by atoms with Crippen LogP contribution >= 0.6 is 0 Å². The van der Waals surface area contributed by atoms with Crippen LogP contribution in [0.15, 0.2) is 54.6 Å². The fourth-order valence-electron chi connectivity index (χ4n) is 3.93. The number of carbonyl (C=O) groups excluding carboxylic acids is 2. The van der Waals surface area contributed by atoms with E-state index in [1.54, 1.807) is 0 Å². The molecule has 29 heavy (non-hydrogen) atoms. The highest BCUT2D eigenvalue weighted by atomic mass is 16.2. The molecule has 0 N–H and O–H groups in total. The van der Waals surface area contributed by atoms with Crippen LogP contribution in [0.3, 0.4) is 0 Å². The molecule has 0 radical (unpaired) electrons. The highest BCUT2D eigenvalue weighted by molar-refractivity contribution is 6.26. The number of aromatic nitrogens is 1. The van der Waals surface area contributed by atoms with Crippen LogP contribution in [-0.2, 0) is 0 Å². The van der Waals surface area contributed by atoms with Crippen molar-refractivity contribution in [3.63, 3.8) is 0 Å². The summed E-state index contributed by atoms with van der Waals surface area (Å²) in [6.45, 7) is 5.17. The van der Waals surface area contributed by atoms with Gasteiger partial charge in [0.15, 0.2) is 0 Å². The molecule has 5 nitrogen and oxygen atoms in total. The second-order valence-electron chi connectivity index (χ2n) is 7.79. The largest absolute Gasteiger partial charge is 0.375 e. The summed E-state index contributed by atoms with van der Waals surface area (Å²) in [6, 6.07) is 17.7. The Labute approximate surface area is 171 Å². The number of amides is 2. The van der Waals surface area contributed by atoms with Gasteiger partial charge in [-0.1, -0.05) is 50.2 Å². The maximum atomic E-state index is 13.2. The summed E-state index contributed by atoms with van der Waals surface area (Å²) < 4.78 is 0. The quantitative estimate of drug-likeness (QED) is 0.585. The molecule has 1 aliphatic rings. The molecule has 1 aliphatic heterocycles. The Morgan fingerprint density at radius 3 is 2.31 bits per heavy atom. The zero-order chi connectivity index (χ0) is 20.5. The predicted molar refractivity (Wildman–Crippen MR) is 116 cm³/mol. The van der Waals surface area contributed by atoms with E-state index in [4.69, 9.17) is 4.98 Å². The smallest absolute Gasteiger partial charge is 0.263 e. The zero-order valence-corrected chi connectivity index (χ0v) is 17.1. The zero-order valence-electron chi connectivity index (χ0n) is 17.1. The summed E-state index contributed by atoms with van der Waals surface area (Å²) in [5.41, 5.74) is 3.59. The fraction of sp³-hybridized carbons (Fsp3) is 0.292. The van der Waals surface area contributed by atoms with Crippen molar-refractivity contribution in [1.29, 1.82) is 0 Å². The van der Waals surface area contributed by atoms with Crippen molar-refractivity contribution in [2.24, 2.45) is 0 Å². The molecule has 0 bridgehead atoms. The molecule has 2 amide bonds. The number of anilines is 1. The summed E-state index contributed by atoms with van der Waals surface area (Å²) in [5.74, 6) is -0.351. The molecule has 0 saturated carbocycles. The van der Waals surface area contributed by atoms with E-state index >= 15 is 0 Å². The number of pyridine rings is 1. The van der Waals surface area contributed by atoms with Crippen molar-refractivity contribution < 1.29 is 9.59 Å². The molecule has 0 fully saturated rings. The van der Waals surface area contributed by atoms with E-state index < -0.39 is 0 Å². The summed E-state index contributed by atoms with van der Waals surface area (Å²) >= 11 is 0. The maximum Gasteiger partial charge on any atom is 0.263 e. The number of rotatable bonds is 6. The third kappa shape index (κ3) is 3.37. The van der Waals surface area contributed by atoms with Crippen LogP contribution in [0.2, 0.25) is 0 Å². The Kier molecular flexibility index (Phi) is 5.05. The molecule has 4 rings (SSSR count). The van der Waals surface area contributed by atoms with Gasteiger partial charge in [0.1, 0.15) is 0 Å². The predicted octanol–water partition coefficient (Wildman–Crippen LogP) is 4.48. The minimum absolute atomic E-state index is 0.0641. The molecule has 3 aromatic rings. The van der Waals surface area contributed by atoms with Gasteiger partial charge in [-0.3, -0.25) is 19.5 Å². The molecule has 0 atom stereocenters. The Balaban J connectivity index is 1.59. The van der Waals surface area contributed by atoms with Gasteiger partial charge in [0.05, 0.1) is 22.3 Å². The van der Waals surface area contributed by atoms with Crippen molar-refractivity contribution in [1.82, 2.24) is 9.88 Å². The normalized spacial score (nSPS) is 13.4. The number of nitrogens with zero attached hydrogens (tertiary/aromatic N) is 3. The number of hydrogen-bond acceptors (Lipinski definition) is 4. The molecule has 2 heterocycles. The van der Waals surface area contributed by atoms with Gasteiger partial charge in [-0.25, -0.2) is 0 Å². The monoisotopic (exact) mass is 387 g/mol. The van der Waals surface area contributed by atoms with Gasteiger partial charge in [-0.15, -0.1) is 0 Å². The van der Waals surface area contributed by atoms with Crippen LogP contribution in [0.5, 0.6) is 0 Å². The fourth-order valence-corrected chi connectivity index (χ4v) is 3.93. The van der Waals surface area contributed by atoms with Crippen molar-refractivity contribution in [3.05, 3.63) is 71.4 Å². The standard InChI is InChI=1S/C24H25N3O2/c1-16(2)22-21-20(18-12-7-8-13-19(18)25-22)23(28)27(24(21)29)15-9-14-26(3)17-10-5-4-6-11-17/h4-8,10-13,16H,9,14-15H2,1-3H3. The van der Waals surface area contributed by atoms with Gasteiger partial charge in [0.25, 0.3) is 11.8 Å². The lowest BCUT2D eigenvalue weighted by Crippen LogP contribution is -2.33. The van der Waals surface area contributed by atoms with Gasteiger partial charge >= 0.3 is 0 Å². The first-order chi connectivity index (χ1) is 14.0. The average molecular weight is 387 g/mol. The van der Waals surface area contributed by atoms with Crippen molar-refractivity contribution in [3.8, 4) is 0 Å². The SMILES string of the molecule is CC(C)c1nc2ccccc2c2c1C(=O)N(CCCN(C)c1ccccc1)C2=O. The number of imide groups is 1. The van der Waals surface area contributed by atoms with Gasteiger partial charge in [0, 0.05) is 31.2 Å². The number of carbonyl (C=O) groups is 2. The second kappa shape index (κ2) is 7.66. The number of fused-ring (bicyclic) bond motifs is 3. The molecule has 148 valence electrons. The van der Waals surface area contributed by atoms with Gasteiger partial charge < -0.3 is 4.90 Å². The van der Waals surface area contributed by atoms with Crippen LogP contribution < -0.4 is 4.90 Å². The highest BCUT2D eigenvalue weighted by Gasteiger charge is 2.39. The topological polar surface area (TPSA) is 53.5 Å². The lowest BCUT2D eigenvalue weighted by molar-refractivity contribution is 0.0653. The summed E-state index contributed by atoms with van der Waals surface area (Å²) in [5, 5.41) is 0.758. The molecule has 2 aromatic carbocycles. The molecular formula is C24H25N3O2. The molecule has 1 aromatic heterocycles. The first-order valence-electron chi connectivity index (χ1n) is 10.0. The van der Waals surface area contributed by atoms with Crippen LogP contribution in [0.4, 0.5) is 5.69 Å². The first kappa shape index (κ1) is 19.1. The Morgan fingerprint density at radius 2 is 1.59 bits per heavy atom. The Hall–Kier alpha value is -3.21. The van der Waals surface area contributed by atoms with Crippen molar-refractivity contribution in [2.45, 2.75) is 26.2 Å². The van der Waals surface area contributed by atoms with E-state index in [0.717, 1.165) is 23.1 Å². The van der Waals surface area contributed by atoms with Crippen molar-refractivity contribution >= 4 is 28.4 Å². The Bertz CT molecular complexity index is 1080. The summed E-state index contributed by atoms with van der Waals surface area (Å²) in [6.07, 6.45) is 0.708. The van der Waals surface area contributed by atoms with E-state index in [1.807, 2.05) is 63.4 Å². The van der Waals surface area contributed by atoms with Crippen LogP contribution in [-0.4, -0.2) is 41.8 Å². The minimum Gasteiger partial charge on any atom is -0.375 e. The van der Waals surface area contributed by atoms with Crippen LogP contribution in [0.25, 0.3) is 10.9 Å². The van der Waals surface area contributed by atoms with Crippen LogP contribution in [0.1, 0.15) is 52.6 Å². The number of benzene rings is 2. The van der Waals surface area contributed by atoms with Crippen LogP contribution in [0, 0.1) is 0 Å². The van der Waals surface area contributed by atoms with E-state index in [-0.39, 0.29) is 17.7 Å². The number of para-hydroxylation sites is 2. The van der Waals surface area contributed by atoms with Gasteiger partial charge in [0.2, 0.25) is 0 Å². The molecule has 0 aliphatic carbocycles. The molecule has 0 spiro atoms. The maximum absolute atomic E-state index is 13.2. The molecule has 0 unspecified atom stereocenters. The van der Waals surface area contributed by atoms with E-state index in [2.05, 4.69) is 17.0 Å². The molecule has 5 heteroatoms. The van der Waals surface area contributed by atoms with E-state index in [1.165, 1.54) is 4.90 Å². The van der Waals surface area contributed by atoms with Gasteiger partial charge in [-0.2, -0.15) is 0 Å². The first-order valence-corrected chi connectivity index (χ1v) is 10.0. The molecular weight excluding hydrogens is 362 g/mol.